The first-order valence-corrected chi connectivity index (χ1v) is 7.65. The summed E-state index contributed by atoms with van der Waals surface area (Å²) >= 11 is 8.46. The minimum atomic E-state index is -0.652. The summed E-state index contributed by atoms with van der Waals surface area (Å²) in [6.07, 6.45) is 0. The van der Waals surface area contributed by atoms with Gasteiger partial charge in [0.15, 0.2) is 0 Å². The van der Waals surface area contributed by atoms with Crippen LogP contribution in [-0.4, -0.2) is 16.9 Å². The Morgan fingerprint density at radius 2 is 1.64 bits per heavy atom. The van der Waals surface area contributed by atoms with E-state index in [9.17, 15) is 9.59 Å². The molecule has 2 aromatic carbocycles. The first-order chi connectivity index (χ1) is 10.5. The van der Waals surface area contributed by atoms with Crippen molar-refractivity contribution in [3.63, 3.8) is 0 Å². The Labute approximate surface area is 142 Å². The Hall–Kier alpha value is -2.05. The summed E-state index contributed by atoms with van der Waals surface area (Å²) in [6, 6.07) is 13.6. The number of hydrogen-bond acceptors (Lipinski definition) is 3. The lowest BCUT2D eigenvalue weighted by Gasteiger charge is -2.09. The lowest BCUT2D eigenvalue weighted by atomic mass is 10.1. The highest BCUT2D eigenvalue weighted by molar-refractivity contribution is 9.10. The van der Waals surface area contributed by atoms with Crippen LogP contribution in [-0.2, 0) is 0 Å². The van der Waals surface area contributed by atoms with Gasteiger partial charge in [-0.05, 0) is 30.7 Å². The first kappa shape index (κ1) is 16.3. The molecule has 22 heavy (non-hydrogen) atoms. The van der Waals surface area contributed by atoms with E-state index in [0.717, 1.165) is 10.0 Å². The molecule has 0 aliphatic heterocycles. The summed E-state index contributed by atoms with van der Waals surface area (Å²) in [5.74, 6) is -0.464. The lowest BCUT2D eigenvalue weighted by Crippen LogP contribution is -2.42. The zero-order chi connectivity index (χ0) is 16.1. The zero-order valence-corrected chi connectivity index (χ0v) is 14.1. The molecule has 0 unspecified atom stereocenters. The number of urea groups is 1. The molecule has 0 saturated heterocycles. The Kier molecular flexibility index (Phi) is 5.41. The van der Waals surface area contributed by atoms with Crippen LogP contribution < -0.4 is 10.6 Å². The van der Waals surface area contributed by atoms with Crippen molar-refractivity contribution in [1.82, 2.24) is 10.6 Å². The Morgan fingerprint density at radius 1 is 1.00 bits per heavy atom. The molecule has 3 amide bonds. The third-order valence-corrected chi connectivity index (χ3v) is 3.82. The van der Waals surface area contributed by atoms with Crippen molar-refractivity contribution < 1.29 is 9.59 Å². The van der Waals surface area contributed by atoms with Gasteiger partial charge in [-0.3, -0.25) is 15.4 Å². The van der Waals surface area contributed by atoms with E-state index in [-0.39, 0.29) is 4.99 Å². The number of amides is 3. The number of hydrogen-bond donors (Lipinski definition) is 2. The van der Waals surface area contributed by atoms with Crippen molar-refractivity contribution in [3.05, 3.63) is 69.7 Å². The fourth-order valence-electron chi connectivity index (χ4n) is 1.81. The molecule has 0 aliphatic rings. The molecule has 0 saturated carbocycles. The van der Waals surface area contributed by atoms with Crippen LogP contribution in [0.5, 0.6) is 0 Å². The van der Waals surface area contributed by atoms with Crippen molar-refractivity contribution in [1.29, 1.82) is 0 Å². The second-order valence-electron chi connectivity index (χ2n) is 4.56. The van der Waals surface area contributed by atoms with Crippen LogP contribution in [0.4, 0.5) is 4.79 Å². The van der Waals surface area contributed by atoms with Crippen LogP contribution in [0.25, 0.3) is 0 Å². The molecule has 112 valence electrons. The number of imide groups is 1. The maximum atomic E-state index is 12.0. The summed E-state index contributed by atoms with van der Waals surface area (Å²) in [5, 5.41) is 4.74. The molecule has 0 spiro atoms. The first-order valence-electron chi connectivity index (χ1n) is 6.45. The number of halogens is 1. The van der Waals surface area contributed by atoms with Crippen molar-refractivity contribution in [2.24, 2.45) is 0 Å². The van der Waals surface area contributed by atoms with E-state index in [1.165, 1.54) is 0 Å². The summed E-state index contributed by atoms with van der Waals surface area (Å²) < 4.78 is 0.915. The Morgan fingerprint density at radius 3 is 2.27 bits per heavy atom. The maximum Gasteiger partial charge on any atom is 0.326 e. The second-order valence-corrected chi connectivity index (χ2v) is 5.88. The highest BCUT2D eigenvalue weighted by Gasteiger charge is 2.13. The molecule has 4 nitrogen and oxygen atoms in total. The van der Waals surface area contributed by atoms with E-state index in [2.05, 4.69) is 26.6 Å². The Bertz CT molecular complexity index is 729. The highest BCUT2D eigenvalue weighted by Crippen LogP contribution is 2.11. The zero-order valence-electron chi connectivity index (χ0n) is 11.7. The normalized spacial score (nSPS) is 9.91. The van der Waals surface area contributed by atoms with Crippen LogP contribution in [0.2, 0.25) is 0 Å². The van der Waals surface area contributed by atoms with Crippen LogP contribution in [0.3, 0.4) is 0 Å². The van der Waals surface area contributed by atoms with Crippen molar-refractivity contribution >= 4 is 45.1 Å². The Balaban J connectivity index is 1.98. The van der Waals surface area contributed by atoms with E-state index >= 15 is 0 Å². The van der Waals surface area contributed by atoms with Crippen LogP contribution in [0.1, 0.15) is 21.5 Å². The number of carbonyl (C=O) groups is 2. The number of carbonyl (C=O) groups excluding carboxylic acids is 2. The fourth-order valence-corrected chi connectivity index (χ4v) is 2.30. The van der Waals surface area contributed by atoms with E-state index in [0.29, 0.717) is 11.1 Å². The summed E-state index contributed by atoms with van der Waals surface area (Å²) in [6.45, 7) is 1.80. The second kappa shape index (κ2) is 7.29. The molecule has 2 N–H and O–H groups in total. The van der Waals surface area contributed by atoms with Gasteiger partial charge in [-0.15, -0.1) is 0 Å². The standard InChI is InChI=1S/C16H13BrN2O2S/c1-10-4-2-3-5-13(10)14(20)18-16(21)19-15(22)11-6-8-12(17)9-7-11/h2-9H,1H3,(H2,18,19,20,21,22). The molecular formula is C16H13BrN2O2S. The predicted molar refractivity (Wildman–Crippen MR) is 93.0 cm³/mol. The number of aryl methyl sites for hydroxylation is 1. The molecular weight excluding hydrogens is 364 g/mol. The van der Waals surface area contributed by atoms with Gasteiger partial charge in [-0.25, -0.2) is 4.79 Å². The molecule has 0 radical (unpaired) electrons. The third-order valence-electron chi connectivity index (χ3n) is 2.95. The highest BCUT2D eigenvalue weighted by atomic mass is 79.9. The maximum absolute atomic E-state index is 12.0. The number of benzene rings is 2. The third kappa shape index (κ3) is 4.22. The molecule has 6 heteroatoms. The largest absolute Gasteiger partial charge is 0.326 e. The van der Waals surface area contributed by atoms with E-state index < -0.39 is 11.9 Å². The molecule has 2 aromatic rings. The molecule has 0 heterocycles. The average Bonchev–Trinajstić information content (AvgIpc) is 2.48. The van der Waals surface area contributed by atoms with Gasteiger partial charge in [0.25, 0.3) is 5.91 Å². The molecule has 0 atom stereocenters. The lowest BCUT2D eigenvalue weighted by molar-refractivity contribution is 0.0964. The molecule has 0 fully saturated rings. The van der Waals surface area contributed by atoms with Gasteiger partial charge >= 0.3 is 6.03 Å². The van der Waals surface area contributed by atoms with Gasteiger partial charge in [-0.1, -0.05) is 58.5 Å². The fraction of sp³-hybridized carbons (Fsp3) is 0.0625. The molecule has 0 aromatic heterocycles. The van der Waals surface area contributed by atoms with E-state index in [1.807, 2.05) is 18.2 Å². The molecule has 0 bridgehead atoms. The van der Waals surface area contributed by atoms with Crippen LogP contribution in [0.15, 0.2) is 53.0 Å². The van der Waals surface area contributed by atoms with Gasteiger partial charge in [0.1, 0.15) is 4.99 Å². The van der Waals surface area contributed by atoms with Crippen molar-refractivity contribution in [3.8, 4) is 0 Å². The van der Waals surface area contributed by atoms with E-state index in [4.69, 9.17) is 12.2 Å². The van der Waals surface area contributed by atoms with Gasteiger partial charge in [0.2, 0.25) is 0 Å². The molecule has 2 rings (SSSR count). The van der Waals surface area contributed by atoms with Gasteiger partial charge in [0, 0.05) is 15.6 Å². The SMILES string of the molecule is Cc1ccccc1C(=O)NC(=O)NC(=S)c1ccc(Br)cc1. The smallest absolute Gasteiger partial charge is 0.298 e. The number of thiocarbonyl (C=S) groups is 1. The quantitative estimate of drug-likeness (QED) is 0.787. The van der Waals surface area contributed by atoms with Gasteiger partial charge < -0.3 is 0 Å². The average molecular weight is 377 g/mol. The van der Waals surface area contributed by atoms with Gasteiger partial charge in [0.05, 0.1) is 0 Å². The summed E-state index contributed by atoms with van der Waals surface area (Å²) in [4.78, 5) is 24.1. The number of rotatable bonds is 2. The molecule has 0 aliphatic carbocycles. The van der Waals surface area contributed by atoms with Crippen molar-refractivity contribution in [2.45, 2.75) is 6.92 Å². The monoisotopic (exact) mass is 376 g/mol. The summed E-state index contributed by atoms with van der Waals surface area (Å²) in [7, 11) is 0. The van der Waals surface area contributed by atoms with Crippen molar-refractivity contribution in [2.75, 3.05) is 0 Å². The predicted octanol–water partition coefficient (Wildman–Crippen LogP) is 3.57. The number of nitrogens with one attached hydrogen (secondary N) is 2. The van der Waals surface area contributed by atoms with E-state index in [1.54, 1.807) is 37.3 Å². The minimum Gasteiger partial charge on any atom is -0.298 e. The van der Waals surface area contributed by atoms with Gasteiger partial charge in [-0.2, -0.15) is 0 Å². The van der Waals surface area contributed by atoms with Crippen LogP contribution >= 0.6 is 28.1 Å². The van der Waals surface area contributed by atoms with Crippen LogP contribution in [0, 0.1) is 6.92 Å². The topological polar surface area (TPSA) is 58.2 Å². The minimum absolute atomic E-state index is 0.252. The summed E-state index contributed by atoms with van der Waals surface area (Å²) in [5.41, 5.74) is 1.94.